The molecule has 2 atom stereocenters. The number of anilines is 1. The maximum Gasteiger partial charge on any atom is 0.227 e. The lowest BCUT2D eigenvalue weighted by molar-refractivity contribution is -0.120. The SMILES string of the molecule is Cl.Cl.NC1CCCC(C(=O)Nc2ccc(SCc3cccnc3)cc2)C1. The first-order chi connectivity index (χ1) is 11.7. The maximum atomic E-state index is 12.3. The lowest BCUT2D eigenvalue weighted by Crippen LogP contribution is -2.34. The number of benzene rings is 1. The quantitative estimate of drug-likeness (QED) is 0.698. The Bertz CT molecular complexity index is 670. The molecule has 0 radical (unpaired) electrons. The van der Waals surface area contributed by atoms with Crippen LogP contribution in [0, 0.1) is 5.92 Å². The van der Waals surface area contributed by atoms with Crippen LogP contribution in [-0.2, 0) is 10.5 Å². The molecule has 7 heteroatoms. The van der Waals surface area contributed by atoms with Crippen molar-refractivity contribution in [2.75, 3.05) is 5.32 Å². The topological polar surface area (TPSA) is 68.0 Å². The van der Waals surface area contributed by atoms with Crippen LogP contribution in [0.15, 0.2) is 53.7 Å². The van der Waals surface area contributed by atoms with Gasteiger partial charge in [-0.15, -0.1) is 36.6 Å². The second kappa shape index (κ2) is 11.4. The van der Waals surface area contributed by atoms with Crippen LogP contribution in [-0.4, -0.2) is 16.9 Å². The Kier molecular flexibility index (Phi) is 10.0. The molecule has 4 nitrogen and oxygen atoms in total. The lowest BCUT2D eigenvalue weighted by Gasteiger charge is -2.25. The second-order valence-corrected chi connectivity index (χ2v) is 7.34. The number of carbonyl (C=O) groups is 1. The third-order valence-corrected chi connectivity index (χ3v) is 5.42. The molecule has 1 aromatic heterocycles. The van der Waals surface area contributed by atoms with Crippen LogP contribution in [0.5, 0.6) is 0 Å². The molecule has 1 aliphatic rings. The van der Waals surface area contributed by atoms with E-state index in [1.165, 1.54) is 10.5 Å². The number of aromatic nitrogens is 1. The van der Waals surface area contributed by atoms with Crippen molar-refractivity contribution in [2.24, 2.45) is 11.7 Å². The van der Waals surface area contributed by atoms with E-state index in [1.807, 2.05) is 36.5 Å². The number of amides is 1. The number of nitrogens with one attached hydrogen (secondary N) is 1. The number of thioether (sulfide) groups is 1. The van der Waals surface area contributed by atoms with Gasteiger partial charge in [-0.05, 0) is 55.2 Å². The van der Waals surface area contributed by atoms with E-state index in [0.29, 0.717) is 0 Å². The molecule has 142 valence electrons. The highest BCUT2D eigenvalue weighted by Gasteiger charge is 2.25. The fourth-order valence-corrected chi connectivity index (χ4v) is 3.83. The minimum atomic E-state index is 0. The Balaban J connectivity index is 0.00000169. The lowest BCUT2D eigenvalue weighted by atomic mass is 9.85. The summed E-state index contributed by atoms with van der Waals surface area (Å²) < 4.78 is 0. The maximum absolute atomic E-state index is 12.3. The van der Waals surface area contributed by atoms with Crippen LogP contribution < -0.4 is 11.1 Å². The van der Waals surface area contributed by atoms with E-state index in [2.05, 4.69) is 16.4 Å². The largest absolute Gasteiger partial charge is 0.328 e. The Hall–Kier alpha value is -1.27. The number of nitrogens with zero attached hydrogens (tertiary/aromatic N) is 1. The molecule has 0 spiro atoms. The van der Waals surface area contributed by atoms with Gasteiger partial charge in [-0.1, -0.05) is 12.5 Å². The van der Waals surface area contributed by atoms with Crippen molar-refractivity contribution in [1.82, 2.24) is 4.98 Å². The smallest absolute Gasteiger partial charge is 0.227 e. The van der Waals surface area contributed by atoms with Crippen molar-refractivity contribution >= 4 is 48.2 Å². The van der Waals surface area contributed by atoms with E-state index in [9.17, 15) is 4.79 Å². The molecule has 1 fully saturated rings. The molecule has 0 aliphatic heterocycles. The first-order valence-electron chi connectivity index (χ1n) is 8.39. The van der Waals surface area contributed by atoms with E-state index in [-0.39, 0.29) is 42.7 Å². The van der Waals surface area contributed by atoms with Gasteiger partial charge in [0.15, 0.2) is 0 Å². The number of halogens is 2. The summed E-state index contributed by atoms with van der Waals surface area (Å²) in [5.74, 6) is 1.04. The zero-order chi connectivity index (χ0) is 16.8. The van der Waals surface area contributed by atoms with Crippen LogP contribution in [0.3, 0.4) is 0 Å². The van der Waals surface area contributed by atoms with Gasteiger partial charge < -0.3 is 11.1 Å². The Morgan fingerprint density at radius 1 is 1.19 bits per heavy atom. The summed E-state index contributed by atoms with van der Waals surface area (Å²) in [5.41, 5.74) is 8.02. The fraction of sp³-hybridized carbons (Fsp3) is 0.368. The van der Waals surface area contributed by atoms with E-state index >= 15 is 0 Å². The molecule has 1 heterocycles. The van der Waals surface area contributed by atoms with E-state index in [4.69, 9.17) is 5.73 Å². The van der Waals surface area contributed by atoms with Crippen LogP contribution in [0.25, 0.3) is 0 Å². The summed E-state index contributed by atoms with van der Waals surface area (Å²) in [6.07, 6.45) is 7.49. The van der Waals surface area contributed by atoms with Gasteiger partial charge in [0.05, 0.1) is 0 Å². The molecule has 1 aliphatic carbocycles. The third kappa shape index (κ3) is 6.80. The molecule has 2 unspecified atom stereocenters. The van der Waals surface area contributed by atoms with Crippen molar-refractivity contribution in [3.05, 3.63) is 54.4 Å². The minimum absolute atomic E-state index is 0. The number of nitrogens with two attached hydrogens (primary N) is 1. The summed E-state index contributed by atoms with van der Waals surface area (Å²) in [5, 5.41) is 3.02. The fourth-order valence-electron chi connectivity index (χ4n) is 2.99. The van der Waals surface area contributed by atoms with Gasteiger partial charge in [0.1, 0.15) is 0 Å². The third-order valence-electron chi connectivity index (χ3n) is 4.34. The summed E-state index contributed by atoms with van der Waals surface area (Å²) in [7, 11) is 0. The average Bonchev–Trinajstić information content (AvgIpc) is 2.62. The van der Waals surface area contributed by atoms with Crippen LogP contribution >= 0.6 is 36.6 Å². The van der Waals surface area contributed by atoms with Gasteiger partial charge in [-0.2, -0.15) is 0 Å². The van der Waals surface area contributed by atoms with Crippen LogP contribution in [0.4, 0.5) is 5.69 Å². The summed E-state index contributed by atoms with van der Waals surface area (Å²) in [4.78, 5) is 17.6. The normalized spacial score (nSPS) is 19.0. The first-order valence-corrected chi connectivity index (χ1v) is 9.37. The Morgan fingerprint density at radius 2 is 1.96 bits per heavy atom. The van der Waals surface area contributed by atoms with Gasteiger partial charge in [0, 0.05) is 40.7 Å². The van der Waals surface area contributed by atoms with Gasteiger partial charge in [-0.3, -0.25) is 9.78 Å². The highest BCUT2D eigenvalue weighted by molar-refractivity contribution is 7.98. The van der Waals surface area contributed by atoms with Crippen molar-refractivity contribution < 1.29 is 4.79 Å². The molecule has 0 saturated heterocycles. The van der Waals surface area contributed by atoms with Crippen molar-refractivity contribution in [3.8, 4) is 0 Å². The van der Waals surface area contributed by atoms with Crippen LogP contribution in [0.1, 0.15) is 31.2 Å². The molecule has 1 saturated carbocycles. The Labute approximate surface area is 171 Å². The predicted octanol–water partition coefficient (Wildman–Crippen LogP) is 4.67. The van der Waals surface area contributed by atoms with E-state index < -0.39 is 0 Å². The highest BCUT2D eigenvalue weighted by Crippen LogP contribution is 2.26. The van der Waals surface area contributed by atoms with Gasteiger partial charge in [0.25, 0.3) is 0 Å². The van der Waals surface area contributed by atoms with Crippen molar-refractivity contribution in [1.29, 1.82) is 0 Å². The summed E-state index contributed by atoms with van der Waals surface area (Å²) in [6.45, 7) is 0. The van der Waals surface area contributed by atoms with Gasteiger partial charge in [0.2, 0.25) is 5.91 Å². The molecule has 26 heavy (non-hydrogen) atoms. The van der Waals surface area contributed by atoms with E-state index in [1.54, 1.807) is 18.0 Å². The standard InChI is InChI=1S/C19H23N3OS.2ClH/c20-16-5-1-4-15(11-16)19(23)22-17-6-8-18(9-7-17)24-13-14-3-2-10-21-12-14;;/h2-3,6-10,12,15-16H,1,4-5,11,13,20H2,(H,22,23);2*1H. The molecular formula is C19H25Cl2N3OS. The van der Waals surface area contributed by atoms with Crippen molar-refractivity contribution in [3.63, 3.8) is 0 Å². The highest BCUT2D eigenvalue weighted by atomic mass is 35.5. The summed E-state index contributed by atoms with van der Waals surface area (Å²) in [6, 6.07) is 12.2. The average molecular weight is 414 g/mol. The second-order valence-electron chi connectivity index (χ2n) is 6.29. The van der Waals surface area contributed by atoms with Crippen molar-refractivity contribution in [2.45, 2.75) is 42.4 Å². The van der Waals surface area contributed by atoms with E-state index in [0.717, 1.165) is 37.1 Å². The minimum Gasteiger partial charge on any atom is -0.328 e. The number of pyridine rings is 1. The molecule has 0 bridgehead atoms. The zero-order valence-electron chi connectivity index (χ0n) is 14.5. The molecule has 3 rings (SSSR count). The van der Waals surface area contributed by atoms with Gasteiger partial charge in [-0.25, -0.2) is 0 Å². The molecule has 1 amide bonds. The van der Waals surface area contributed by atoms with Crippen LogP contribution in [0.2, 0.25) is 0 Å². The van der Waals surface area contributed by atoms with Gasteiger partial charge >= 0.3 is 0 Å². The number of carbonyl (C=O) groups excluding carboxylic acids is 1. The summed E-state index contributed by atoms with van der Waals surface area (Å²) >= 11 is 1.76. The number of rotatable bonds is 5. The number of hydrogen-bond donors (Lipinski definition) is 2. The number of hydrogen-bond acceptors (Lipinski definition) is 4. The molecule has 2 aromatic rings. The predicted molar refractivity (Wildman–Crippen MR) is 113 cm³/mol. The Morgan fingerprint density at radius 3 is 2.62 bits per heavy atom. The monoisotopic (exact) mass is 413 g/mol. The molecule has 1 aromatic carbocycles. The first kappa shape index (κ1) is 22.8. The molecular weight excluding hydrogens is 389 g/mol. The zero-order valence-corrected chi connectivity index (χ0v) is 16.9. The molecule has 3 N–H and O–H groups in total.